The molecule has 0 bridgehead atoms. The van der Waals surface area contributed by atoms with Crippen LogP contribution in [-0.4, -0.2) is 16.8 Å². The molecule has 3 heteroatoms. The van der Waals surface area contributed by atoms with E-state index in [1.54, 1.807) is 0 Å². The zero-order chi connectivity index (χ0) is 13.8. The van der Waals surface area contributed by atoms with Crippen LogP contribution in [-0.2, 0) is 4.79 Å². The molecule has 2 rings (SSSR count). The highest BCUT2D eigenvalue weighted by atomic mass is 35.5. The smallest absolute Gasteiger partial charge is 0.223 e. The van der Waals surface area contributed by atoms with Gasteiger partial charge in [0.25, 0.3) is 0 Å². The molecule has 0 aromatic heterocycles. The first-order valence-corrected chi connectivity index (χ1v) is 7.58. The second-order valence-electron chi connectivity index (χ2n) is 5.36. The summed E-state index contributed by atoms with van der Waals surface area (Å²) < 4.78 is 0. The maximum Gasteiger partial charge on any atom is 0.223 e. The van der Waals surface area contributed by atoms with Crippen molar-refractivity contribution in [2.45, 2.75) is 58.0 Å². The molecule has 1 aliphatic carbocycles. The van der Waals surface area contributed by atoms with Crippen molar-refractivity contribution in [2.75, 3.05) is 0 Å². The van der Waals surface area contributed by atoms with Gasteiger partial charge < -0.3 is 4.90 Å². The van der Waals surface area contributed by atoms with E-state index in [9.17, 15) is 4.79 Å². The number of amides is 1. The fraction of sp³-hybridized carbons (Fsp3) is 0.562. The lowest BCUT2D eigenvalue weighted by Crippen LogP contribution is -2.35. The van der Waals surface area contributed by atoms with Gasteiger partial charge in [-0.05, 0) is 43.9 Å². The number of nitrogens with zero attached hydrogens (tertiary/aromatic N) is 1. The molecule has 1 aromatic carbocycles. The topological polar surface area (TPSA) is 20.3 Å². The summed E-state index contributed by atoms with van der Waals surface area (Å²) in [7, 11) is 0. The molecule has 1 fully saturated rings. The molecule has 19 heavy (non-hydrogen) atoms. The Morgan fingerprint density at radius 3 is 2.53 bits per heavy atom. The van der Waals surface area contributed by atoms with Crippen molar-refractivity contribution in [1.29, 1.82) is 0 Å². The van der Waals surface area contributed by atoms with Crippen LogP contribution in [0.1, 0.15) is 57.6 Å². The van der Waals surface area contributed by atoms with Crippen molar-refractivity contribution in [3.05, 3.63) is 34.9 Å². The average molecular weight is 280 g/mol. The first-order chi connectivity index (χ1) is 9.13. The molecule has 1 atom stereocenters. The summed E-state index contributed by atoms with van der Waals surface area (Å²) in [6, 6.07) is 8.44. The second kappa shape index (κ2) is 6.42. The van der Waals surface area contributed by atoms with Gasteiger partial charge >= 0.3 is 0 Å². The van der Waals surface area contributed by atoms with E-state index in [1.807, 2.05) is 24.3 Å². The first kappa shape index (κ1) is 14.4. The molecule has 1 amide bonds. The molecule has 0 saturated heterocycles. The zero-order valence-corrected chi connectivity index (χ0v) is 12.5. The normalized spacial score (nSPS) is 16.2. The van der Waals surface area contributed by atoms with Gasteiger partial charge in [-0.3, -0.25) is 4.79 Å². The number of benzene rings is 1. The van der Waals surface area contributed by atoms with Gasteiger partial charge in [-0.25, -0.2) is 0 Å². The van der Waals surface area contributed by atoms with Crippen molar-refractivity contribution < 1.29 is 4.79 Å². The van der Waals surface area contributed by atoms with Crippen molar-refractivity contribution in [2.24, 2.45) is 0 Å². The standard InChI is InChI=1S/C16H22ClNO/c1-3-4-5-16(19)18(15-10-11-15)12(2)13-6-8-14(17)9-7-13/h6-9,12,15H,3-5,10-11H2,1-2H3. The monoisotopic (exact) mass is 279 g/mol. The van der Waals surface area contributed by atoms with Gasteiger partial charge in [-0.15, -0.1) is 0 Å². The van der Waals surface area contributed by atoms with Crippen LogP contribution >= 0.6 is 11.6 Å². The van der Waals surface area contributed by atoms with Gasteiger partial charge in [0.1, 0.15) is 0 Å². The van der Waals surface area contributed by atoms with Gasteiger partial charge in [0.2, 0.25) is 5.91 Å². The van der Waals surface area contributed by atoms with E-state index in [0.29, 0.717) is 18.4 Å². The highest BCUT2D eigenvalue weighted by Crippen LogP contribution is 2.35. The molecule has 2 nitrogen and oxygen atoms in total. The summed E-state index contributed by atoms with van der Waals surface area (Å²) in [6.45, 7) is 4.24. The first-order valence-electron chi connectivity index (χ1n) is 7.20. The van der Waals surface area contributed by atoms with E-state index >= 15 is 0 Å². The summed E-state index contributed by atoms with van der Waals surface area (Å²) in [5, 5.41) is 0.742. The van der Waals surface area contributed by atoms with Crippen molar-refractivity contribution in [3.63, 3.8) is 0 Å². The number of unbranched alkanes of at least 4 members (excludes halogenated alkanes) is 1. The zero-order valence-electron chi connectivity index (χ0n) is 11.7. The van der Waals surface area contributed by atoms with Crippen LogP contribution in [0.25, 0.3) is 0 Å². The predicted octanol–water partition coefficient (Wildman–Crippen LogP) is 4.58. The quantitative estimate of drug-likeness (QED) is 0.746. The van der Waals surface area contributed by atoms with E-state index in [1.165, 1.54) is 5.56 Å². The molecule has 0 N–H and O–H groups in total. The van der Waals surface area contributed by atoms with E-state index < -0.39 is 0 Å². The Hall–Kier alpha value is -1.02. The third kappa shape index (κ3) is 3.73. The van der Waals surface area contributed by atoms with Crippen molar-refractivity contribution in [1.82, 2.24) is 4.90 Å². The molecule has 104 valence electrons. The van der Waals surface area contributed by atoms with Crippen LogP contribution in [0.5, 0.6) is 0 Å². The highest BCUT2D eigenvalue weighted by Gasteiger charge is 2.35. The van der Waals surface area contributed by atoms with Crippen LogP contribution in [0.15, 0.2) is 24.3 Å². The van der Waals surface area contributed by atoms with Crippen LogP contribution in [0, 0.1) is 0 Å². The minimum atomic E-state index is 0.147. The van der Waals surface area contributed by atoms with Crippen LogP contribution in [0.4, 0.5) is 0 Å². The Morgan fingerprint density at radius 1 is 1.37 bits per heavy atom. The second-order valence-corrected chi connectivity index (χ2v) is 5.80. The van der Waals surface area contributed by atoms with Crippen molar-refractivity contribution in [3.8, 4) is 0 Å². The summed E-state index contributed by atoms with van der Waals surface area (Å²) in [4.78, 5) is 14.4. The number of hydrogen-bond acceptors (Lipinski definition) is 1. The average Bonchev–Trinajstić information content (AvgIpc) is 3.22. The van der Waals surface area contributed by atoms with E-state index in [4.69, 9.17) is 11.6 Å². The lowest BCUT2D eigenvalue weighted by molar-refractivity contribution is -0.134. The van der Waals surface area contributed by atoms with Gasteiger partial charge in [-0.2, -0.15) is 0 Å². The number of carbonyl (C=O) groups is 1. The molecule has 1 unspecified atom stereocenters. The van der Waals surface area contributed by atoms with Crippen LogP contribution in [0.2, 0.25) is 5.02 Å². The fourth-order valence-corrected chi connectivity index (χ4v) is 2.57. The maximum atomic E-state index is 12.4. The molecule has 1 saturated carbocycles. The maximum absolute atomic E-state index is 12.4. The largest absolute Gasteiger partial charge is 0.333 e. The number of halogens is 1. The number of rotatable bonds is 6. The fourth-order valence-electron chi connectivity index (χ4n) is 2.45. The van der Waals surface area contributed by atoms with E-state index in [-0.39, 0.29) is 6.04 Å². The molecule has 1 aromatic rings. The summed E-state index contributed by atoms with van der Waals surface area (Å²) in [6.07, 6.45) is 5.02. The Bertz CT molecular complexity index is 425. The molecular formula is C16H22ClNO. The number of hydrogen-bond donors (Lipinski definition) is 0. The third-order valence-corrected chi connectivity index (χ3v) is 3.99. The Labute approximate surface area is 120 Å². The molecule has 1 aliphatic rings. The van der Waals surface area contributed by atoms with Crippen LogP contribution in [0.3, 0.4) is 0 Å². The van der Waals surface area contributed by atoms with E-state index in [0.717, 1.165) is 30.7 Å². The summed E-state index contributed by atoms with van der Waals surface area (Å²) in [5.74, 6) is 0.298. The molecule has 0 spiro atoms. The Morgan fingerprint density at radius 2 is 2.00 bits per heavy atom. The predicted molar refractivity (Wildman–Crippen MR) is 79.3 cm³/mol. The van der Waals surface area contributed by atoms with Gasteiger partial charge in [0, 0.05) is 17.5 Å². The molecular weight excluding hydrogens is 258 g/mol. The molecule has 0 aliphatic heterocycles. The number of carbonyl (C=O) groups excluding carboxylic acids is 1. The lowest BCUT2D eigenvalue weighted by Gasteiger charge is -2.30. The van der Waals surface area contributed by atoms with Gasteiger partial charge in [0.15, 0.2) is 0 Å². The van der Waals surface area contributed by atoms with Gasteiger partial charge in [-0.1, -0.05) is 37.1 Å². The Kier molecular flexibility index (Phi) is 4.87. The summed E-state index contributed by atoms with van der Waals surface area (Å²) in [5.41, 5.74) is 1.17. The van der Waals surface area contributed by atoms with E-state index in [2.05, 4.69) is 18.7 Å². The molecule has 0 heterocycles. The minimum absolute atomic E-state index is 0.147. The van der Waals surface area contributed by atoms with Crippen LogP contribution < -0.4 is 0 Å². The minimum Gasteiger partial charge on any atom is -0.333 e. The molecule has 0 radical (unpaired) electrons. The third-order valence-electron chi connectivity index (χ3n) is 3.74. The summed E-state index contributed by atoms with van der Waals surface area (Å²) >= 11 is 5.92. The van der Waals surface area contributed by atoms with Crippen molar-refractivity contribution >= 4 is 17.5 Å². The SMILES string of the molecule is CCCCC(=O)N(C1CC1)C(C)c1ccc(Cl)cc1. The van der Waals surface area contributed by atoms with Gasteiger partial charge in [0.05, 0.1) is 6.04 Å². The Balaban J connectivity index is 2.09. The lowest BCUT2D eigenvalue weighted by atomic mass is 10.1. The highest BCUT2D eigenvalue weighted by molar-refractivity contribution is 6.30.